The fraction of sp³-hybridized carbons (Fsp3) is 0.167. The second kappa shape index (κ2) is 5.68. The molecule has 1 amide bonds. The summed E-state index contributed by atoms with van der Waals surface area (Å²) in [5.74, 6) is 2.10. The highest BCUT2D eigenvalue weighted by Gasteiger charge is 2.14. The van der Waals surface area contributed by atoms with Crippen LogP contribution in [0.25, 0.3) is 11.0 Å². The van der Waals surface area contributed by atoms with Crippen molar-refractivity contribution in [1.29, 1.82) is 0 Å². The molecule has 0 spiro atoms. The van der Waals surface area contributed by atoms with Gasteiger partial charge in [-0.05, 0) is 24.3 Å². The number of carbonyl (C=O) groups is 1. The standard InChI is InChI=1S/C18H15NO4/c20-18(19-13-5-7-16-17(10-13)22-11-21-16)8-6-14-9-12-3-1-2-4-15(12)23-14/h1-5,7,9-10H,6,8,11H2,(H,19,20). The minimum absolute atomic E-state index is 0.0654. The molecule has 1 aliphatic heterocycles. The molecule has 23 heavy (non-hydrogen) atoms. The summed E-state index contributed by atoms with van der Waals surface area (Å²) in [5.41, 5.74) is 1.54. The van der Waals surface area contributed by atoms with E-state index in [0.29, 0.717) is 30.0 Å². The van der Waals surface area contributed by atoms with Crippen LogP contribution < -0.4 is 14.8 Å². The number of hydrogen-bond acceptors (Lipinski definition) is 4. The molecule has 5 heteroatoms. The lowest BCUT2D eigenvalue weighted by atomic mass is 10.2. The number of hydrogen-bond donors (Lipinski definition) is 1. The summed E-state index contributed by atoms with van der Waals surface area (Å²) in [6.07, 6.45) is 0.916. The van der Waals surface area contributed by atoms with Crippen LogP contribution in [-0.2, 0) is 11.2 Å². The van der Waals surface area contributed by atoms with Crippen molar-refractivity contribution in [1.82, 2.24) is 0 Å². The molecule has 2 heterocycles. The predicted octanol–water partition coefficient (Wildman–Crippen LogP) is 3.73. The van der Waals surface area contributed by atoms with Gasteiger partial charge in [-0.2, -0.15) is 0 Å². The zero-order chi connectivity index (χ0) is 15.6. The van der Waals surface area contributed by atoms with Gasteiger partial charge in [-0.3, -0.25) is 4.79 Å². The van der Waals surface area contributed by atoms with E-state index in [1.54, 1.807) is 18.2 Å². The van der Waals surface area contributed by atoms with Crippen LogP contribution >= 0.6 is 0 Å². The Labute approximate surface area is 132 Å². The number of rotatable bonds is 4. The molecule has 1 aromatic heterocycles. The summed E-state index contributed by atoms with van der Waals surface area (Å²) in [7, 11) is 0. The van der Waals surface area contributed by atoms with Gasteiger partial charge in [0.05, 0.1) is 0 Å². The fourth-order valence-electron chi connectivity index (χ4n) is 2.59. The highest BCUT2D eigenvalue weighted by molar-refractivity contribution is 5.91. The van der Waals surface area contributed by atoms with Crippen LogP contribution in [-0.4, -0.2) is 12.7 Å². The van der Waals surface area contributed by atoms with Crippen LogP contribution in [0, 0.1) is 0 Å². The quantitative estimate of drug-likeness (QED) is 0.797. The van der Waals surface area contributed by atoms with E-state index in [4.69, 9.17) is 13.9 Å². The maximum Gasteiger partial charge on any atom is 0.231 e. The molecule has 0 radical (unpaired) electrons. The van der Waals surface area contributed by atoms with E-state index < -0.39 is 0 Å². The van der Waals surface area contributed by atoms with Gasteiger partial charge in [0.25, 0.3) is 0 Å². The van der Waals surface area contributed by atoms with Gasteiger partial charge >= 0.3 is 0 Å². The van der Waals surface area contributed by atoms with Gasteiger partial charge in [-0.1, -0.05) is 18.2 Å². The lowest BCUT2D eigenvalue weighted by Crippen LogP contribution is -2.12. The Balaban J connectivity index is 1.38. The molecule has 5 nitrogen and oxygen atoms in total. The highest BCUT2D eigenvalue weighted by Crippen LogP contribution is 2.34. The third-order valence-electron chi connectivity index (χ3n) is 3.73. The van der Waals surface area contributed by atoms with Gasteiger partial charge in [0.15, 0.2) is 11.5 Å². The van der Waals surface area contributed by atoms with Crippen molar-refractivity contribution in [3.05, 3.63) is 54.3 Å². The summed E-state index contributed by atoms with van der Waals surface area (Å²) in [6, 6.07) is 15.1. The molecule has 0 unspecified atom stereocenters. The number of benzene rings is 2. The highest BCUT2D eigenvalue weighted by atomic mass is 16.7. The second-order valence-electron chi connectivity index (χ2n) is 5.37. The molecule has 1 aliphatic rings. The predicted molar refractivity (Wildman–Crippen MR) is 85.7 cm³/mol. The Hall–Kier alpha value is -2.95. The van der Waals surface area contributed by atoms with Crippen LogP contribution in [0.15, 0.2) is 52.9 Å². The number of para-hydroxylation sites is 1. The van der Waals surface area contributed by atoms with Gasteiger partial charge in [-0.15, -0.1) is 0 Å². The van der Waals surface area contributed by atoms with Crippen LogP contribution in [0.3, 0.4) is 0 Å². The minimum Gasteiger partial charge on any atom is -0.461 e. The monoisotopic (exact) mass is 309 g/mol. The Morgan fingerprint density at radius 1 is 1.04 bits per heavy atom. The van der Waals surface area contributed by atoms with Gasteiger partial charge in [0.1, 0.15) is 11.3 Å². The van der Waals surface area contributed by atoms with Crippen molar-refractivity contribution >= 4 is 22.6 Å². The molecule has 0 atom stereocenters. The molecule has 116 valence electrons. The number of furan rings is 1. The van der Waals surface area contributed by atoms with E-state index >= 15 is 0 Å². The first-order valence-corrected chi connectivity index (χ1v) is 7.45. The maximum atomic E-state index is 12.1. The summed E-state index contributed by atoms with van der Waals surface area (Å²) in [6.45, 7) is 0.221. The molecule has 1 N–H and O–H groups in total. The van der Waals surface area contributed by atoms with E-state index in [2.05, 4.69) is 5.32 Å². The molecular formula is C18H15NO4. The normalized spacial score (nSPS) is 12.5. The number of carbonyl (C=O) groups excluding carboxylic acids is 1. The first kappa shape index (κ1) is 13.7. The summed E-state index contributed by atoms with van der Waals surface area (Å²) >= 11 is 0. The topological polar surface area (TPSA) is 60.7 Å². The zero-order valence-electron chi connectivity index (χ0n) is 12.4. The molecule has 0 fully saturated rings. The van der Waals surface area contributed by atoms with Crippen molar-refractivity contribution in [3.8, 4) is 11.5 Å². The fourth-order valence-corrected chi connectivity index (χ4v) is 2.59. The lowest BCUT2D eigenvalue weighted by Gasteiger charge is -2.05. The maximum absolute atomic E-state index is 12.1. The molecular weight excluding hydrogens is 294 g/mol. The van der Waals surface area contributed by atoms with Crippen molar-refractivity contribution in [2.45, 2.75) is 12.8 Å². The molecule has 0 saturated carbocycles. The first-order valence-electron chi connectivity index (χ1n) is 7.45. The average molecular weight is 309 g/mol. The van der Waals surface area contributed by atoms with Gasteiger partial charge in [0.2, 0.25) is 12.7 Å². The smallest absolute Gasteiger partial charge is 0.231 e. The summed E-state index contributed by atoms with van der Waals surface area (Å²) in [4.78, 5) is 12.1. The van der Waals surface area contributed by atoms with Crippen LogP contribution in [0.2, 0.25) is 0 Å². The third kappa shape index (κ3) is 2.85. The molecule has 0 bridgehead atoms. The van der Waals surface area contributed by atoms with Crippen molar-refractivity contribution in [2.24, 2.45) is 0 Å². The Bertz CT molecular complexity index is 835. The number of nitrogens with one attached hydrogen (secondary N) is 1. The lowest BCUT2D eigenvalue weighted by molar-refractivity contribution is -0.116. The van der Waals surface area contributed by atoms with E-state index in [9.17, 15) is 4.79 Å². The number of amides is 1. The number of fused-ring (bicyclic) bond motifs is 2. The van der Waals surface area contributed by atoms with E-state index in [1.165, 1.54) is 0 Å². The third-order valence-corrected chi connectivity index (χ3v) is 3.73. The zero-order valence-corrected chi connectivity index (χ0v) is 12.4. The molecule has 0 aliphatic carbocycles. The SMILES string of the molecule is O=C(CCc1cc2ccccc2o1)Nc1ccc2c(c1)OCO2. The summed E-state index contributed by atoms with van der Waals surface area (Å²) < 4.78 is 16.3. The average Bonchev–Trinajstić information content (AvgIpc) is 3.18. The molecule has 0 saturated heterocycles. The minimum atomic E-state index is -0.0654. The largest absolute Gasteiger partial charge is 0.461 e. The van der Waals surface area contributed by atoms with Gasteiger partial charge in [-0.25, -0.2) is 0 Å². The molecule has 2 aromatic carbocycles. The van der Waals surface area contributed by atoms with Crippen molar-refractivity contribution < 1.29 is 18.7 Å². The van der Waals surface area contributed by atoms with Crippen LogP contribution in [0.4, 0.5) is 5.69 Å². The molecule has 4 rings (SSSR count). The molecule has 3 aromatic rings. The van der Waals surface area contributed by atoms with Gasteiger partial charge in [0, 0.05) is 30.0 Å². The Morgan fingerprint density at radius 2 is 1.91 bits per heavy atom. The number of aryl methyl sites for hydroxylation is 1. The van der Waals surface area contributed by atoms with Gasteiger partial charge < -0.3 is 19.2 Å². The van der Waals surface area contributed by atoms with Crippen LogP contribution in [0.5, 0.6) is 11.5 Å². The Morgan fingerprint density at radius 3 is 2.83 bits per heavy atom. The van der Waals surface area contributed by atoms with Crippen LogP contribution in [0.1, 0.15) is 12.2 Å². The number of anilines is 1. The number of ether oxygens (including phenoxy) is 2. The van der Waals surface area contributed by atoms with E-state index in [-0.39, 0.29) is 12.7 Å². The summed E-state index contributed by atoms with van der Waals surface area (Å²) in [5, 5.41) is 3.91. The second-order valence-corrected chi connectivity index (χ2v) is 5.37. The van der Waals surface area contributed by atoms with E-state index in [0.717, 1.165) is 16.7 Å². The van der Waals surface area contributed by atoms with E-state index in [1.807, 2.05) is 30.3 Å². The Kier molecular flexibility index (Phi) is 3.38. The van der Waals surface area contributed by atoms with Crippen molar-refractivity contribution in [3.63, 3.8) is 0 Å². The first-order chi connectivity index (χ1) is 11.3. The van der Waals surface area contributed by atoms with Crippen molar-refractivity contribution in [2.75, 3.05) is 12.1 Å².